The lowest BCUT2D eigenvalue weighted by atomic mass is 10.4. The van der Waals surface area contributed by atoms with Crippen molar-refractivity contribution in [2.75, 3.05) is 14.2 Å². The average Bonchev–Trinajstić information content (AvgIpc) is 2.15. The van der Waals surface area contributed by atoms with E-state index in [4.69, 9.17) is 9.47 Å². The maximum absolute atomic E-state index is 5.34. The van der Waals surface area contributed by atoms with Crippen LogP contribution in [0, 0.1) is 0 Å². The van der Waals surface area contributed by atoms with Gasteiger partial charge in [-0.1, -0.05) is 19.6 Å². The molecule has 0 aliphatic heterocycles. The molecule has 1 aromatic heterocycles. The number of methoxy groups -OCH3 is 2. The molecular formula is C10H17NO2Si. The Morgan fingerprint density at radius 1 is 1.14 bits per heavy atom. The van der Waals surface area contributed by atoms with Crippen LogP contribution in [0.2, 0.25) is 19.6 Å². The number of pyridine rings is 1. The van der Waals surface area contributed by atoms with Gasteiger partial charge < -0.3 is 9.47 Å². The van der Waals surface area contributed by atoms with Crippen LogP contribution in [0.15, 0.2) is 12.3 Å². The van der Waals surface area contributed by atoms with Gasteiger partial charge >= 0.3 is 0 Å². The van der Waals surface area contributed by atoms with Gasteiger partial charge in [0, 0.05) is 12.3 Å². The van der Waals surface area contributed by atoms with Gasteiger partial charge in [0.15, 0.2) is 11.5 Å². The maximum atomic E-state index is 5.34. The van der Waals surface area contributed by atoms with Crippen LogP contribution in [0.25, 0.3) is 0 Å². The fraction of sp³-hybridized carbons (Fsp3) is 0.500. The topological polar surface area (TPSA) is 31.4 Å². The van der Waals surface area contributed by atoms with E-state index < -0.39 is 8.07 Å². The number of hydrogen-bond donors (Lipinski definition) is 0. The number of nitrogens with zero attached hydrogens (tertiary/aromatic N) is 1. The molecule has 0 spiro atoms. The molecule has 3 nitrogen and oxygen atoms in total. The van der Waals surface area contributed by atoms with Gasteiger partial charge in [-0.05, 0) is 0 Å². The molecule has 0 aliphatic rings. The summed E-state index contributed by atoms with van der Waals surface area (Å²) in [6, 6.07) is 1.82. The Morgan fingerprint density at radius 3 is 2.21 bits per heavy atom. The summed E-state index contributed by atoms with van der Waals surface area (Å²) in [4.78, 5) is 4.39. The molecular weight excluding hydrogens is 194 g/mol. The van der Waals surface area contributed by atoms with Crippen molar-refractivity contribution >= 4 is 13.4 Å². The third kappa shape index (κ3) is 2.07. The second-order valence-corrected chi connectivity index (χ2v) is 9.12. The van der Waals surface area contributed by atoms with Gasteiger partial charge in [0.25, 0.3) is 0 Å². The molecule has 0 aliphatic carbocycles. The van der Waals surface area contributed by atoms with Crippen LogP contribution < -0.4 is 14.8 Å². The largest absolute Gasteiger partial charge is 0.493 e. The minimum absolute atomic E-state index is 0.764. The maximum Gasteiger partial charge on any atom is 0.177 e. The van der Waals surface area contributed by atoms with Gasteiger partial charge in [-0.25, -0.2) is 0 Å². The molecule has 0 saturated heterocycles. The highest BCUT2D eigenvalue weighted by molar-refractivity contribution is 6.88. The normalized spacial score (nSPS) is 11.2. The van der Waals surface area contributed by atoms with Gasteiger partial charge in [0.2, 0.25) is 0 Å². The van der Waals surface area contributed by atoms with Crippen molar-refractivity contribution in [1.82, 2.24) is 4.98 Å². The Bertz CT molecular complexity index is 320. The zero-order valence-corrected chi connectivity index (χ0v) is 10.4. The molecule has 0 unspecified atom stereocenters. The van der Waals surface area contributed by atoms with Crippen LogP contribution >= 0.6 is 0 Å². The highest BCUT2D eigenvalue weighted by Crippen LogP contribution is 2.25. The van der Waals surface area contributed by atoms with Gasteiger partial charge in [0.05, 0.1) is 19.5 Å². The van der Waals surface area contributed by atoms with Crippen molar-refractivity contribution in [3.05, 3.63) is 12.3 Å². The molecule has 0 atom stereocenters. The molecule has 4 heteroatoms. The van der Waals surface area contributed by atoms with E-state index in [1.54, 1.807) is 20.4 Å². The van der Waals surface area contributed by atoms with Crippen LogP contribution in [0.5, 0.6) is 11.5 Å². The van der Waals surface area contributed by atoms with Crippen molar-refractivity contribution in [2.45, 2.75) is 19.6 Å². The van der Waals surface area contributed by atoms with E-state index in [-0.39, 0.29) is 0 Å². The molecule has 14 heavy (non-hydrogen) atoms. The highest BCUT2D eigenvalue weighted by Gasteiger charge is 2.25. The second kappa shape index (κ2) is 4.00. The van der Waals surface area contributed by atoms with Gasteiger partial charge in [-0.3, -0.25) is 4.98 Å². The molecule has 0 fully saturated rings. The summed E-state index contributed by atoms with van der Waals surface area (Å²) in [6.45, 7) is 6.70. The number of rotatable bonds is 3. The molecule has 0 aromatic carbocycles. The van der Waals surface area contributed by atoms with E-state index in [2.05, 4.69) is 24.6 Å². The minimum Gasteiger partial charge on any atom is -0.493 e. The molecule has 1 heterocycles. The van der Waals surface area contributed by atoms with E-state index in [0.29, 0.717) is 0 Å². The van der Waals surface area contributed by atoms with Crippen molar-refractivity contribution in [2.24, 2.45) is 0 Å². The first-order valence-electron chi connectivity index (χ1n) is 4.58. The van der Waals surface area contributed by atoms with Crippen molar-refractivity contribution in [3.63, 3.8) is 0 Å². The first-order valence-corrected chi connectivity index (χ1v) is 8.08. The van der Waals surface area contributed by atoms with E-state index in [0.717, 1.165) is 16.8 Å². The van der Waals surface area contributed by atoms with Crippen LogP contribution in [-0.2, 0) is 0 Å². The van der Waals surface area contributed by atoms with Gasteiger partial charge in [-0.15, -0.1) is 0 Å². The Kier molecular flexibility index (Phi) is 3.16. The molecule has 0 N–H and O–H groups in total. The highest BCUT2D eigenvalue weighted by atomic mass is 28.3. The zero-order chi connectivity index (χ0) is 10.8. The van der Waals surface area contributed by atoms with Crippen LogP contribution in [-0.4, -0.2) is 27.3 Å². The van der Waals surface area contributed by atoms with Crippen LogP contribution in [0.3, 0.4) is 0 Å². The standard InChI is InChI=1S/C10H17NO2Si/c1-12-8-6-7-11-10(9(8)13-2)14(3,4)5/h6-7H,1-5H3. The molecule has 0 saturated carbocycles. The second-order valence-electron chi connectivity index (χ2n) is 4.15. The van der Waals surface area contributed by atoms with Gasteiger partial charge in [-0.2, -0.15) is 0 Å². The average molecular weight is 211 g/mol. The Hall–Kier alpha value is -1.03. The molecule has 1 aromatic rings. The first kappa shape index (κ1) is 11.0. The molecule has 0 radical (unpaired) electrons. The summed E-state index contributed by atoms with van der Waals surface area (Å²) in [5.41, 5.74) is 0. The first-order chi connectivity index (χ1) is 6.50. The Morgan fingerprint density at radius 2 is 1.79 bits per heavy atom. The predicted octanol–water partition coefficient (Wildman–Crippen LogP) is 1.64. The number of aromatic nitrogens is 1. The fourth-order valence-corrected chi connectivity index (χ4v) is 2.69. The summed E-state index contributed by atoms with van der Waals surface area (Å²) in [5.74, 6) is 1.55. The van der Waals surface area contributed by atoms with E-state index >= 15 is 0 Å². The monoisotopic (exact) mass is 211 g/mol. The third-order valence-electron chi connectivity index (χ3n) is 2.00. The molecule has 78 valence electrons. The predicted molar refractivity (Wildman–Crippen MR) is 60.3 cm³/mol. The summed E-state index contributed by atoms with van der Waals surface area (Å²) < 4.78 is 10.6. The minimum atomic E-state index is -1.46. The van der Waals surface area contributed by atoms with E-state index in [9.17, 15) is 0 Å². The summed E-state index contributed by atoms with van der Waals surface area (Å²) in [7, 11) is 1.84. The van der Waals surface area contributed by atoms with Gasteiger partial charge in [0.1, 0.15) is 8.07 Å². The third-order valence-corrected chi connectivity index (χ3v) is 3.78. The summed E-state index contributed by atoms with van der Waals surface area (Å²) in [6.07, 6.45) is 1.77. The summed E-state index contributed by atoms with van der Waals surface area (Å²) in [5, 5.41) is 1.05. The quantitative estimate of drug-likeness (QED) is 0.712. The molecule has 1 rings (SSSR count). The van der Waals surface area contributed by atoms with E-state index in [1.165, 1.54) is 0 Å². The SMILES string of the molecule is COc1ccnc([Si](C)(C)C)c1OC. The smallest absolute Gasteiger partial charge is 0.177 e. The van der Waals surface area contributed by atoms with Crippen molar-refractivity contribution < 1.29 is 9.47 Å². The molecule has 0 bridgehead atoms. The lowest BCUT2D eigenvalue weighted by Gasteiger charge is -2.19. The van der Waals surface area contributed by atoms with E-state index in [1.807, 2.05) is 6.07 Å². The fourth-order valence-electron chi connectivity index (χ4n) is 1.32. The van der Waals surface area contributed by atoms with Crippen molar-refractivity contribution in [3.8, 4) is 11.5 Å². The van der Waals surface area contributed by atoms with Crippen LogP contribution in [0.1, 0.15) is 0 Å². The van der Waals surface area contributed by atoms with Crippen molar-refractivity contribution in [1.29, 1.82) is 0 Å². The number of ether oxygens (including phenoxy) is 2. The number of hydrogen-bond acceptors (Lipinski definition) is 3. The summed E-state index contributed by atoms with van der Waals surface area (Å²) >= 11 is 0. The van der Waals surface area contributed by atoms with Crippen LogP contribution in [0.4, 0.5) is 0 Å². The zero-order valence-electron chi connectivity index (χ0n) is 9.42. The Labute approximate surface area is 86.1 Å². The lowest BCUT2D eigenvalue weighted by molar-refractivity contribution is 0.356. The Balaban J connectivity index is 3.29. The lowest BCUT2D eigenvalue weighted by Crippen LogP contribution is -2.40. The molecule has 0 amide bonds.